The third-order valence-corrected chi connectivity index (χ3v) is 6.15. The molecule has 1 aliphatic heterocycles. The topological polar surface area (TPSA) is 93.1 Å². The Kier molecular flexibility index (Phi) is 5.37. The van der Waals surface area contributed by atoms with Crippen LogP contribution in [-0.2, 0) is 16.4 Å². The minimum atomic E-state index is -2.86. The van der Waals surface area contributed by atoms with Crippen molar-refractivity contribution in [2.24, 2.45) is 5.92 Å². The standard InChI is InChI=1S/C17H22N4O3S/c22-17(19-11-14-5-9-25(23,24)10-6-14)20-12-15-3-1-2-4-16(15)21-8-7-18-13-21/h1-4,7-8,13-14H,5-6,9-12H2,(H2,19,20,22). The van der Waals surface area contributed by atoms with Gasteiger partial charge in [-0.2, -0.15) is 0 Å². The second kappa shape index (κ2) is 7.69. The Balaban J connectivity index is 1.49. The van der Waals surface area contributed by atoms with Gasteiger partial charge in [-0.05, 0) is 30.4 Å². The molecule has 8 heteroatoms. The first-order valence-corrected chi connectivity index (χ1v) is 10.1. The van der Waals surface area contributed by atoms with Crippen molar-refractivity contribution in [3.8, 4) is 5.69 Å². The number of nitrogens with one attached hydrogen (secondary N) is 2. The van der Waals surface area contributed by atoms with Gasteiger partial charge in [-0.25, -0.2) is 18.2 Å². The highest BCUT2D eigenvalue weighted by molar-refractivity contribution is 7.91. The third-order valence-electron chi connectivity index (χ3n) is 4.44. The molecule has 2 heterocycles. The van der Waals surface area contributed by atoms with Crippen LogP contribution in [0, 0.1) is 5.92 Å². The summed E-state index contributed by atoms with van der Waals surface area (Å²) < 4.78 is 24.7. The number of sulfone groups is 1. The van der Waals surface area contributed by atoms with Crippen molar-refractivity contribution in [1.82, 2.24) is 20.2 Å². The predicted octanol–water partition coefficient (Wildman–Crippen LogP) is 1.50. The molecule has 0 bridgehead atoms. The lowest BCUT2D eigenvalue weighted by molar-refractivity contribution is 0.238. The Morgan fingerprint density at radius 1 is 1.20 bits per heavy atom. The maximum Gasteiger partial charge on any atom is 0.315 e. The number of carbonyl (C=O) groups is 1. The van der Waals surface area contributed by atoms with Crippen LogP contribution in [0.2, 0.25) is 0 Å². The molecule has 7 nitrogen and oxygen atoms in total. The van der Waals surface area contributed by atoms with Gasteiger partial charge in [-0.15, -0.1) is 0 Å². The highest BCUT2D eigenvalue weighted by atomic mass is 32.2. The van der Waals surface area contributed by atoms with Crippen molar-refractivity contribution in [3.05, 3.63) is 48.5 Å². The summed E-state index contributed by atoms with van der Waals surface area (Å²) in [6.07, 6.45) is 6.52. The lowest BCUT2D eigenvalue weighted by atomic mass is 10.0. The number of imidazole rings is 1. The highest BCUT2D eigenvalue weighted by Gasteiger charge is 2.23. The second-order valence-corrected chi connectivity index (χ2v) is 8.56. The predicted molar refractivity (Wildman–Crippen MR) is 95.2 cm³/mol. The van der Waals surface area contributed by atoms with Crippen molar-refractivity contribution in [2.45, 2.75) is 19.4 Å². The van der Waals surface area contributed by atoms with Crippen LogP contribution in [0.25, 0.3) is 5.69 Å². The molecular formula is C17H22N4O3S. The van der Waals surface area contributed by atoms with Gasteiger partial charge in [0.2, 0.25) is 0 Å². The quantitative estimate of drug-likeness (QED) is 0.843. The van der Waals surface area contributed by atoms with Gasteiger partial charge < -0.3 is 15.2 Å². The van der Waals surface area contributed by atoms with E-state index in [0.29, 0.717) is 25.9 Å². The smallest absolute Gasteiger partial charge is 0.315 e. The Hall–Kier alpha value is -2.35. The molecule has 25 heavy (non-hydrogen) atoms. The van der Waals surface area contributed by atoms with Crippen LogP contribution in [0.15, 0.2) is 43.0 Å². The molecule has 1 saturated heterocycles. The second-order valence-electron chi connectivity index (χ2n) is 6.26. The molecular weight excluding hydrogens is 340 g/mol. The van der Waals surface area contributed by atoms with E-state index >= 15 is 0 Å². The molecule has 134 valence electrons. The molecule has 0 spiro atoms. The number of hydrogen-bond donors (Lipinski definition) is 2. The summed E-state index contributed by atoms with van der Waals surface area (Å²) in [7, 11) is -2.86. The van der Waals surface area contributed by atoms with Gasteiger partial charge in [0.15, 0.2) is 0 Å². The fourth-order valence-electron chi connectivity index (χ4n) is 2.93. The summed E-state index contributed by atoms with van der Waals surface area (Å²) in [5.74, 6) is 0.672. The Labute approximate surface area is 147 Å². The number of para-hydroxylation sites is 1. The van der Waals surface area contributed by atoms with E-state index in [-0.39, 0.29) is 23.5 Å². The lowest BCUT2D eigenvalue weighted by Gasteiger charge is -2.22. The van der Waals surface area contributed by atoms with Crippen molar-refractivity contribution in [3.63, 3.8) is 0 Å². The number of carbonyl (C=O) groups excluding carboxylic acids is 1. The van der Waals surface area contributed by atoms with E-state index in [1.165, 1.54) is 0 Å². The fraction of sp³-hybridized carbons (Fsp3) is 0.412. The average Bonchev–Trinajstić information content (AvgIpc) is 3.14. The van der Waals surface area contributed by atoms with E-state index in [9.17, 15) is 13.2 Å². The first-order chi connectivity index (χ1) is 12.0. The zero-order valence-corrected chi connectivity index (χ0v) is 14.7. The van der Waals surface area contributed by atoms with Crippen molar-refractivity contribution < 1.29 is 13.2 Å². The van der Waals surface area contributed by atoms with Gasteiger partial charge in [-0.3, -0.25) is 0 Å². The molecule has 0 saturated carbocycles. The summed E-state index contributed by atoms with van der Waals surface area (Å²) >= 11 is 0. The van der Waals surface area contributed by atoms with Crippen LogP contribution < -0.4 is 10.6 Å². The van der Waals surface area contributed by atoms with Gasteiger partial charge in [0.25, 0.3) is 0 Å². The number of urea groups is 1. The molecule has 1 aliphatic rings. The molecule has 2 amide bonds. The lowest BCUT2D eigenvalue weighted by Crippen LogP contribution is -2.39. The fourth-order valence-corrected chi connectivity index (χ4v) is 4.52. The van der Waals surface area contributed by atoms with E-state index in [1.54, 1.807) is 12.5 Å². The third kappa shape index (κ3) is 4.82. The molecule has 2 N–H and O–H groups in total. The van der Waals surface area contributed by atoms with Crippen LogP contribution in [0.4, 0.5) is 4.79 Å². The molecule has 1 fully saturated rings. The maximum atomic E-state index is 12.0. The summed E-state index contributed by atoms with van der Waals surface area (Å²) in [5, 5.41) is 5.70. The summed E-state index contributed by atoms with van der Waals surface area (Å²) in [5.41, 5.74) is 1.96. The first kappa shape index (κ1) is 17.5. The Morgan fingerprint density at radius 2 is 1.96 bits per heavy atom. The summed E-state index contributed by atoms with van der Waals surface area (Å²) in [6, 6.07) is 7.56. The largest absolute Gasteiger partial charge is 0.338 e. The van der Waals surface area contributed by atoms with Gasteiger partial charge in [-0.1, -0.05) is 18.2 Å². The molecule has 0 aliphatic carbocycles. The maximum absolute atomic E-state index is 12.0. The number of benzene rings is 1. The van der Waals surface area contributed by atoms with Crippen molar-refractivity contribution >= 4 is 15.9 Å². The zero-order chi connectivity index (χ0) is 17.7. The SMILES string of the molecule is O=C(NCc1ccccc1-n1ccnc1)NCC1CCS(=O)(=O)CC1. The first-order valence-electron chi connectivity index (χ1n) is 8.32. The number of rotatable bonds is 5. The van der Waals surface area contributed by atoms with Crippen molar-refractivity contribution in [2.75, 3.05) is 18.1 Å². The summed E-state index contributed by atoms with van der Waals surface area (Å²) in [6.45, 7) is 0.907. The van der Waals surface area contributed by atoms with E-state index in [4.69, 9.17) is 0 Å². The molecule has 1 aromatic heterocycles. The van der Waals surface area contributed by atoms with E-state index < -0.39 is 9.84 Å². The highest BCUT2D eigenvalue weighted by Crippen LogP contribution is 2.18. The minimum Gasteiger partial charge on any atom is -0.338 e. The number of amides is 2. The van der Waals surface area contributed by atoms with E-state index in [2.05, 4.69) is 15.6 Å². The molecule has 1 aromatic carbocycles. The average molecular weight is 362 g/mol. The van der Waals surface area contributed by atoms with Crippen LogP contribution >= 0.6 is 0 Å². The van der Waals surface area contributed by atoms with Gasteiger partial charge in [0, 0.05) is 25.5 Å². The van der Waals surface area contributed by atoms with Crippen LogP contribution in [0.5, 0.6) is 0 Å². The number of aromatic nitrogens is 2. The van der Waals surface area contributed by atoms with Gasteiger partial charge >= 0.3 is 6.03 Å². The number of hydrogen-bond acceptors (Lipinski definition) is 4. The van der Waals surface area contributed by atoms with E-state index in [1.807, 2.05) is 35.0 Å². The van der Waals surface area contributed by atoms with Gasteiger partial charge in [0.05, 0.1) is 23.5 Å². The zero-order valence-electron chi connectivity index (χ0n) is 13.9. The van der Waals surface area contributed by atoms with Gasteiger partial charge in [0.1, 0.15) is 9.84 Å². The molecule has 3 rings (SSSR count). The normalized spacial score (nSPS) is 17.1. The number of nitrogens with zero attached hydrogens (tertiary/aromatic N) is 2. The van der Waals surface area contributed by atoms with Crippen LogP contribution in [0.3, 0.4) is 0 Å². The molecule has 0 unspecified atom stereocenters. The molecule has 0 atom stereocenters. The molecule has 2 aromatic rings. The minimum absolute atomic E-state index is 0.221. The van der Waals surface area contributed by atoms with Crippen LogP contribution in [0.1, 0.15) is 18.4 Å². The summed E-state index contributed by atoms with van der Waals surface area (Å²) in [4.78, 5) is 16.1. The van der Waals surface area contributed by atoms with Crippen LogP contribution in [-0.4, -0.2) is 42.1 Å². The van der Waals surface area contributed by atoms with Crippen molar-refractivity contribution in [1.29, 1.82) is 0 Å². The Bertz CT molecular complexity index is 804. The monoisotopic (exact) mass is 362 g/mol. The van der Waals surface area contributed by atoms with E-state index in [0.717, 1.165) is 11.3 Å². The Morgan fingerprint density at radius 3 is 2.68 bits per heavy atom. The molecule has 0 radical (unpaired) electrons.